The van der Waals surface area contributed by atoms with Crippen LogP contribution in [0.15, 0.2) is 0 Å². The molecule has 0 bridgehead atoms. The first-order chi connectivity index (χ1) is 5.35. The first kappa shape index (κ1) is 13.1. The molecular formula is C10H21N. The van der Waals surface area contributed by atoms with Crippen molar-refractivity contribution in [1.82, 2.24) is 0 Å². The van der Waals surface area contributed by atoms with Crippen LogP contribution >= 0.6 is 0 Å². The van der Waals surface area contributed by atoms with Crippen LogP contribution in [0, 0.1) is 17.2 Å². The van der Waals surface area contributed by atoms with Crippen molar-refractivity contribution in [3.8, 4) is 6.07 Å². The molecule has 0 aromatic carbocycles. The van der Waals surface area contributed by atoms with Gasteiger partial charge in [0.25, 0.3) is 0 Å². The molecule has 1 heteroatoms. The van der Waals surface area contributed by atoms with E-state index in [0.717, 1.165) is 12.8 Å². The Kier molecular flexibility index (Phi) is 14.5. The molecule has 0 radical (unpaired) electrons. The topological polar surface area (TPSA) is 23.8 Å². The number of unbranched alkanes of at least 4 members (excludes halogenated alkanes) is 1. The molecule has 0 fully saturated rings. The van der Waals surface area contributed by atoms with Crippen LogP contribution in [-0.2, 0) is 0 Å². The van der Waals surface area contributed by atoms with Gasteiger partial charge in [-0.3, -0.25) is 0 Å². The van der Waals surface area contributed by atoms with Crippen molar-refractivity contribution in [2.45, 2.75) is 53.4 Å². The summed E-state index contributed by atoms with van der Waals surface area (Å²) in [7, 11) is 0. The molecule has 0 aromatic rings. The lowest BCUT2D eigenvalue weighted by atomic mass is 10.0. The summed E-state index contributed by atoms with van der Waals surface area (Å²) in [6.07, 6.45) is 4.50. The second kappa shape index (κ2) is 12.2. The highest BCUT2D eigenvalue weighted by molar-refractivity contribution is 4.80. The van der Waals surface area contributed by atoms with E-state index in [-0.39, 0.29) is 0 Å². The molecule has 0 aliphatic carbocycles. The quantitative estimate of drug-likeness (QED) is 0.606. The Bertz CT molecular complexity index is 91.5. The van der Waals surface area contributed by atoms with Crippen LogP contribution in [0.1, 0.15) is 53.4 Å². The third-order valence-electron chi connectivity index (χ3n) is 1.58. The van der Waals surface area contributed by atoms with Gasteiger partial charge in [0.2, 0.25) is 0 Å². The third kappa shape index (κ3) is 9.49. The Labute approximate surface area is 71.4 Å². The Hall–Kier alpha value is -0.510. The Morgan fingerprint density at radius 1 is 1.27 bits per heavy atom. The number of hydrogen-bond donors (Lipinski definition) is 0. The van der Waals surface area contributed by atoms with Crippen LogP contribution in [-0.4, -0.2) is 0 Å². The van der Waals surface area contributed by atoms with Crippen molar-refractivity contribution < 1.29 is 0 Å². The first-order valence-electron chi connectivity index (χ1n) is 4.74. The fraction of sp³-hybridized carbons (Fsp3) is 0.900. The van der Waals surface area contributed by atoms with Gasteiger partial charge in [0.1, 0.15) is 0 Å². The van der Waals surface area contributed by atoms with Gasteiger partial charge in [0.15, 0.2) is 0 Å². The fourth-order valence-electron chi connectivity index (χ4n) is 0.810. The number of nitrogens with zero attached hydrogens (tertiary/aromatic N) is 1. The van der Waals surface area contributed by atoms with E-state index in [4.69, 9.17) is 5.26 Å². The van der Waals surface area contributed by atoms with E-state index in [1.807, 2.05) is 13.8 Å². The molecule has 0 rings (SSSR count). The molecule has 1 unspecified atom stereocenters. The highest BCUT2D eigenvalue weighted by Crippen LogP contribution is 2.09. The standard InChI is InChI=1S/C8H15N.C2H6/c1-3-5-6-8(4-2)7-9;1-2/h8H,3-6H2,1-2H3;1-2H3. The van der Waals surface area contributed by atoms with Gasteiger partial charge in [0, 0.05) is 5.92 Å². The van der Waals surface area contributed by atoms with Gasteiger partial charge in [-0.25, -0.2) is 0 Å². The Morgan fingerprint density at radius 3 is 2.09 bits per heavy atom. The molecule has 0 saturated carbocycles. The van der Waals surface area contributed by atoms with Crippen molar-refractivity contribution in [2.75, 3.05) is 0 Å². The van der Waals surface area contributed by atoms with E-state index >= 15 is 0 Å². The summed E-state index contributed by atoms with van der Waals surface area (Å²) in [5, 5.41) is 8.50. The molecule has 0 spiro atoms. The van der Waals surface area contributed by atoms with E-state index in [1.165, 1.54) is 12.8 Å². The van der Waals surface area contributed by atoms with Gasteiger partial charge in [0.05, 0.1) is 6.07 Å². The number of hydrogen-bond acceptors (Lipinski definition) is 1. The van der Waals surface area contributed by atoms with Crippen molar-refractivity contribution in [2.24, 2.45) is 5.92 Å². The number of rotatable bonds is 4. The van der Waals surface area contributed by atoms with E-state index < -0.39 is 0 Å². The van der Waals surface area contributed by atoms with Gasteiger partial charge >= 0.3 is 0 Å². The van der Waals surface area contributed by atoms with E-state index in [0.29, 0.717) is 5.92 Å². The molecule has 1 atom stereocenters. The molecule has 0 heterocycles. The molecule has 0 saturated heterocycles. The largest absolute Gasteiger partial charge is 0.198 e. The summed E-state index contributed by atoms with van der Waals surface area (Å²) in [5.74, 6) is 0.310. The minimum absolute atomic E-state index is 0.310. The smallest absolute Gasteiger partial charge is 0.0655 e. The van der Waals surface area contributed by atoms with Crippen molar-refractivity contribution in [1.29, 1.82) is 5.26 Å². The minimum atomic E-state index is 0.310. The van der Waals surface area contributed by atoms with Crippen molar-refractivity contribution >= 4 is 0 Å². The highest BCUT2D eigenvalue weighted by atomic mass is 14.3. The minimum Gasteiger partial charge on any atom is -0.198 e. The third-order valence-corrected chi connectivity index (χ3v) is 1.58. The lowest BCUT2D eigenvalue weighted by Gasteiger charge is -2.01. The molecule has 1 nitrogen and oxygen atoms in total. The molecule has 11 heavy (non-hydrogen) atoms. The summed E-state index contributed by atoms with van der Waals surface area (Å²) in [6.45, 7) is 8.23. The summed E-state index contributed by atoms with van der Waals surface area (Å²) in [4.78, 5) is 0. The monoisotopic (exact) mass is 155 g/mol. The van der Waals surface area contributed by atoms with Gasteiger partial charge in [-0.1, -0.05) is 40.5 Å². The highest BCUT2D eigenvalue weighted by Gasteiger charge is 2.00. The van der Waals surface area contributed by atoms with Crippen LogP contribution in [0.25, 0.3) is 0 Å². The average Bonchev–Trinajstić information content (AvgIpc) is 2.10. The van der Waals surface area contributed by atoms with Crippen LogP contribution in [0.2, 0.25) is 0 Å². The molecular weight excluding hydrogens is 134 g/mol. The van der Waals surface area contributed by atoms with E-state index in [1.54, 1.807) is 0 Å². The molecule has 0 N–H and O–H groups in total. The van der Waals surface area contributed by atoms with Gasteiger partial charge in [-0.15, -0.1) is 0 Å². The average molecular weight is 155 g/mol. The van der Waals surface area contributed by atoms with Gasteiger partial charge < -0.3 is 0 Å². The van der Waals surface area contributed by atoms with Gasteiger partial charge in [-0.05, 0) is 12.8 Å². The Morgan fingerprint density at radius 2 is 1.82 bits per heavy atom. The maximum absolute atomic E-state index is 8.50. The SMILES string of the molecule is CC.CCCCC(C#N)CC. The summed E-state index contributed by atoms with van der Waals surface area (Å²) in [6, 6.07) is 2.29. The lowest BCUT2D eigenvalue weighted by Crippen LogP contribution is -1.93. The van der Waals surface area contributed by atoms with Crippen LogP contribution < -0.4 is 0 Å². The summed E-state index contributed by atoms with van der Waals surface area (Å²) < 4.78 is 0. The summed E-state index contributed by atoms with van der Waals surface area (Å²) in [5.41, 5.74) is 0. The number of nitriles is 1. The van der Waals surface area contributed by atoms with Crippen LogP contribution in [0.5, 0.6) is 0 Å². The maximum Gasteiger partial charge on any atom is 0.0655 e. The molecule has 0 aliphatic rings. The molecule has 0 aromatic heterocycles. The zero-order chi connectivity index (χ0) is 9.11. The second-order valence-corrected chi connectivity index (χ2v) is 2.38. The van der Waals surface area contributed by atoms with Crippen LogP contribution in [0.4, 0.5) is 0 Å². The zero-order valence-corrected chi connectivity index (χ0v) is 8.35. The van der Waals surface area contributed by atoms with E-state index in [2.05, 4.69) is 19.9 Å². The van der Waals surface area contributed by atoms with Crippen molar-refractivity contribution in [3.63, 3.8) is 0 Å². The Balaban J connectivity index is 0. The zero-order valence-electron chi connectivity index (χ0n) is 8.35. The molecule has 66 valence electrons. The normalized spacial score (nSPS) is 10.8. The summed E-state index contributed by atoms with van der Waals surface area (Å²) >= 11 is 0. The fourth-order valence-corrected chi connectivity index (χ4v) is 0.810. The second-order valence-electron chi connectivity index (χ2n) is 2.38. The lowest BCUT2D eigenvalue weighted by molar-refractivity contribution is 0.551. The van der Waals surface area contributed by atoms with Crippen molar-refractivity contribution in [3.05, 3.63) is 0 Å². The van der Waals surface area contributed by atoms with E-state index in [9.17, 15) is 0 Å². The first-order valence-corrected chi connectivity index (χ1v) is 4.74. The maximum atomic E-state index is 8.50. The predicted molar refractivity (Wildman–Crippen MR) is 50.3 cm³/mol. The molecule has 0 amide bonds. The molecule has 0 aliphatic heterocycles. The van der Waals surface area contributed by atoms with Crippen LogP contribution in [0.3, 0.4) is 0 Å². The van der Waals surface area contributed by atoms with Gasteiger partial charge in [-0.2, -0.15) is 5.26 Å². The predicted octanol–water partition coefficient (Wildman–Crippen LogP) is 3.75.